The molecule has 1 aromatic heterocycles. The van der Waals surface area contributed by atoms with E-state index >= 15 is 0 Å². The molecule has 0 unspecified atom stereocenters. The van der Waals surface area contributed by atoms with Crippen molar-refractivity contribution in [3.63, 3.8) is 0 Å². The fourth-order valence-electron chi connectivity index (χ4n) is 1.59. The molecule has 1 amide bonds. The molecule has 5 nitrogen and oxygen atoms in total. The lowest BCUT2D eigenvalue weighted by Gasteiger charge is -2.22. The normalized spacial score (nSPS) is 10.5. The van der Waals surface area contributed by atoms with Gasteiger partial charge in [-0.15, -0.1) is 0 Å². The lowest BCUT2D eigenvalue weighted by Crippen LogP contribution is -2.40. The number of anilines is 1. The number of rotatable bonds is 6. The maximum Gasteiger partial charge on any atom is 0.239 e. The highest BCUT2D eigenvalue weighted by Crippen LogP contribution is 2.10. The monoisotopic (exact) mass is 251 g/mol. The second-order valence-corrected chi connectivity index (χ2v) is 4.42. The van der Waals surface area contributed by atoms with Gasteiger partial charge in [0.15, 0.2) is 0 Å². The third kappa shape index (κ3) is 4.33. The molecular formula is C13H21N3O2. The maximum absolute atomic E-state index is 11.7. The van der Waals surface area contributed by atoms with Gasteiger partial charge in [-0.25, -0.2) is 4.98 Å². The van der Waals surface area contributed by atoms with E-state index in [1.807, 2.05) is 37.8 Å². The summed E-state index contributed by atoms with van der Waals surface area (Å²) in [6.07, 6.45) is 1.62. The van der Waals surface area contributed by atoms with E-state index in [0.29, 0.717) is 13.1 Å². The smallest absolute Gasteiger partial charge is 0.239 e. The van der Waals surface area contributed by atoms with Crippen LogP contribution in [0.2, 0.25) is 0 Å². The van der Waals surface area contributed by atoms with E-state index in [4.69, 9.17) is 5.11 Å². The highest BCUT2D eigenvalue weighted by Gasteiger charge is 2.11. The molecular weight excluding hydrogens is 230 g/mol. The Morgan fingerprint density at radius 3 is 2.67 bits per heavy atom. The van der Waals surface area contributed by atoms with Crippen molar-refractivity contribution >= 4 is 11.7 Å². The quantitative estimate of drug-likeness (QED) is 0.789. The van der Waals surface area contributed by atoms with Crippen LogP contribution in [0.5, 0.6) is 0 Å². The molecule has 100 valence electrons. The Balaban J connectivity index is 2.67. The number of likely N-dealkylation sites (N-methyl/N-ethyl adjacent to an activating group) is 1. The van der Waals surface area contributed by atoms with Gasteiger partial charge in [0.05, 0.1) is 13.2 Å². The number of nitrogens with one attached hydrogen (secondary N) is 1. The molecule has 0 atom stereocenters. The van der Waals surface area contributed by atoms with Crippen LogP contribution in [0.25, 0.3) is 0 Å². The average molecular weight is 251 g/mol. The van der Waals surface area contributed by atoms with Crippen LogP contribution < -0.4 is 10.2 Å². The summed E-state index contributed by atoms with van der Waals surface area (Å²) in [6.45, 7) is 6.82. The van der Waals surface area contributed by atoms with Crippen LogP contribution in [0.3, 0.4) is 0 Å². The lowest BCUT2D eigenvalue weighted by atomic mass is 10.3. The Morgan fingerprint density at radius 2 is 2.22 bits per heavy atom. The minimum absolute atomic E-state index is 0.0140. The van der Waals surface area contributed by atoms with Crippen molar-refractivity contribution in [2.24, 2.45) is 0 Å². The largest absolute Gasteiger partial charge is 0.392 e. The number of aliphatic hydroxyl groups excluding tert-OH is 1. The van der Waals surface area contributed by atoms with Crippen LogP contribution in [0.1, 0.15) is 26.3 Å². The molecule has 0 spiro atoms. The second-order valence-electron chi connectivity index (χ2n) is 4.42. The molecule has 1 rings (SSSR count). The topological polar surface area (TPSA) is 65.5 Å². The van der Waals surface area contributed by atoms with Gasteiger partial charge in [-0.1, -0.05) is 6.07 Å². The summed E-state index contributed by atoms with van der Waals surface area (Å²) in [7, 11) is 0. The fourth-order valence-corrected chi connectivity index (χ4v) is 1.59. The Bertz CT molecular complexity index is 376. The molecule has 0 aliphatic heterocycles. The van der Waals surface area contributed by atoms with Crippen LogP contribution in [-0.4, -0.2) is 35.1 Å². The summed E-state index contributed by atoms with van der Waals surface area (Å²) in [5.41, 5.74) is 0.765. The average Bonchev–Trinajstić information content (AvgIpc) is 2.35. The molecule has 0 aromatic carbocycles. The number of carbonyl (C=O) groups excluding carboxylic acids is 1. The molecule has 0 saturated heterocycles. The fraction of sp³-hybridized carbons (Fsp3) is 0.538. The van der Waals surface area contributed by atoms with Crippen molar-refractivity contribution in [2.75, 3.05) is 18.0 Å². The zero-order chi connectivity index (χ0) is 13.5. The number of nitrogens with zero attached hydrogens (tertiary/aromatic N) is 2. The number of hydrogen-bond acceptors (Lipinski definition) is 4. The predicted octanol–water partition coefficient (Wildman–Crippen LogP) is 0.925. The minimum atomic E-state index is -0.0206. The van der Waals surface area contributed by atoms with Crippen molar-refractivity contribution in [3.8, 4) is 0 Å². The molecule has 0 aliphatic rings. The Hall–Kier alpha value is -1.62. The first-order chi connectivity index (χ1) is 8.56. The van der Waals surface area contributed by atoms with Crippen molar-refractivity contribution in [3.05, 3.63) is 23.9 Å². The van der Waals surface area contributed by atoms with Gasteiger partial charge in [0.2, 0.25) is 5.91 Å². The number of amides is 1. The summed E-state index contributed by atoms with van der Waals surface area (Å²) in [5.74, 6) is 0.730. The third-order valence-electron chi connectivity index (χ3n) is 2.48. The van der Waals surface area contributed by atoms with E-state index < -0.39 is 0 Å². The molecule has 0 bridgehead atoms. The van der Waals surface area contributed by atoms with E-state index in [1.165, 1.54) is 0 Å². The lowest BCUT2D eigenvalue weighted by molar-refractivity contribution is -0.120. The number of pyridine rings is 1. The summed E-state index contributed by atoms with van der Waals surface area (Å²) >= 11 is 0. The van der Waals surface area contributed by atoms with Crippen molar-refractivity contribution in [2.45, 2.75) is 33.4 Å². The van der Waals surface area contributed by atoms with Gasteiger partial charge in [0, 0.05) is 18.8 Å². The minimum Gasteiger partial charge on any atom is -0.392 e. The molecule has 5 heteroatoms. The second kappa shape index (κ2) is 6.96. The first-order valence-corrected chi connectivity index (χ1v) is 6.17. The third-order valence-corrected chi connectivity index (χ3v) is 2.48. The summed E-state index contributed by atoms with van der Waals surface area (Å²) in [6, 6.07) is 3.77. The van der Waals surface area contributed by atoms with Gasteiger partial charge in [0.25, 0.3) is 0 Å². The zero-order valence-corrected chi connectivity index (χ0v) is 11.2. The summed E-state index contributed by atoms with van der Waals surface area (Å²) in [4.78, 5) is 17.8. The first-order valence-electron chi connectivity index (χ1n) is 6.17. The van der Waals surface area contributed by atoms with Crippen LogP contribution >= 0.6 is 0 Å². The highest BCUT2D eigenvalue weighted by atomic mass is 16.3. The number of aromatic nitrogens is 1. The molecule has 1 heterocycles. The van der Waals surface area contributed by atoms with E-state index in [-0.39, 0.29) is 18.6 Å². The van der Waals surface area contributed by atoms with Gasteiger partial charge in [-0.3, -0.25) is 4.79 Å². The van der Waals surface area contributed by atoms with Crippen molar-refractivity contribution < 1.29 is 9.90 Å². The first kappa shape index (κ1) is 14.4. The number of carbonyl (C=O) groups is 1. The van der Waals surface area contributed by atoms with Crippen LogP contribution in [0.4, 0.5) is 5.82 Å². The van der Waals surface area contributed by atoms with E-state index in [0.717, 1.165) is 11.4 Å². The Kier molecular flexibility index (Phi) is 5.58. The number of hydrogen-bond donors (Lipinski definition) is 2. The van der Waals surface area contributed by atoms with Gasteiger partial charge in [-0.2, -0.15) is 0 Å². The molecule has 0 radical (unpaired) electrons. The van der Waals surface area contributed by atoms with Gasteiger partial charge >= 0.3 is 0 Å². The summed E-state index contributed by atoms with van der Waals surface area (Å²) < 4.78 is 0. The van der Waals surface area contributed by atoms with Gasteiger partial charge in [-0.05, 0) is 32.4 Å². The van der Waals surface area contributed by atoms with E-state index in [1.54, 1.807) is 6.20 Å². The molecule has 18 heavy (non-hydrogen) atoms. The van der Waals surface area contributed by atoms with Crippen LogP contribution in [0.15, 0.2) is 18.3 Å². The Morgan fingerprint density at radius 1 is 1.50 bits per heavy atom. The molecule has 1 aromatic rings. The zero-order valence-electron chi connectivity index (χ0n) is 11.2. The Labute approximate surface area is 108 Å². The standard InChI is InChI=1S/C13H21N3O2/c1-4-16(8-13(18)15-10(2)3)12-6-5-11(9-17)7-14-12/h5-7,10,17H,4,8-9H2,1-3H3,(H,15,18). The molecule has 0 aliphatic carbocycles. The SMILES string of the molecule is CCN(CC(=O)NC(C)C)c1ccc(CO)cn1. The van der Waals surface area contributed by atoms with E-state index in [9.17, 15) is 4.79 Å². The molecule has 0 saturated carbocycles. The van der Waals surface area contributed by atoms with Gasteiger partial charge in [0.1, 0.15) is 5.82 Å². The summed E-state index contributed by atoms with van der Waals surface area (Å²) in [5, 5.41) is 11.8. The highest BCUT2D eigenvalue weighted by molar-refractivity contribution is 5.81. The maximum atomic E-state index is 11.7. The number of aliphatic hydroxyl groups is 1. The van der Waals surface area contributed by atoms with Crippen LogP contribution in [0, 0.1) is 0 Å². The molecule has 2 N–H and O–H groups in total. The van der Waals surface area contributed by atoms with Crippen molar-refractivity contribution in [1.82, 2.24) is 10.3 Å². The molecule has 0 fully saturated rings. The van der Waals surface area contributed by atoms with Crippen LogP contribution in [-0.2, 0) is 11.4 Å². The predicted molar refractivity (Wildman–Crippen MR) is 71.3 cm³/mol. The van der Waals surface area contributed by atoms with Crippen molar-refractivity contribution in [1.29, 1.82) is 0 Å². The van der Waals surface area contributed by atoms with E-state index in [2.05, 4.69) is 10.3 Å². The van der Waals surface area contributed by atoms with Gasteiger partial charge < -0.3 is 15.3 Å².